The van der Waals surface area contributed by atoms with E-state index in [1.54, 1.807) is 23.7 Å². The predicted octanol–water partition coefficient (Wildman–Crippen LogP) is 4.94. The molecule has 6 rings (SSSR count). The van der Waals surface area contributed by atoms with Crippen molar-refractivity contribution in [2.75, 3.05) is 27.2 Å². The summed E-state index contributed by atoms with van der Waals surface area (Å²) in [6.07, 6.45) is 7.15. The molecular formula is C26H24N8OS. The average Bonchev–Trinajstić information content (AvgIpc) is 3.61. The molecule has 0 aliphatic carbocycles. The Bertz CT molecular complexity index is 1680. The van der Waals surface area contributed by atoms with Gasteiger partial charge in [-0.1, -0.05) is 0 Å². The maximum atomic E-state index is 5.86. The minimum absolute atomic E-state index is 0.592. The molecule has 0 aliphatic heterocycles. The molecule has 2 N–H and O–H groups in total. The second kappa shape index (κ2) is 9.14. The molecule has 36 heavy (non-hydrogen) atoms. The lowest BCUT2D eigenvalue weighted by molar-refractivity contribution is 0.261. The number of thiophene rings is 1. The van der Waals surface area contributed by atoms with E-state index in [9.17, 15) is 0 Å². The van der Waals surface area contributed by atoms with Crippen LogP contribution in [0.1, 0.15) is 4.88 Å². The molecule has 6 aromatic rings. The highest BCUT2D eigenvalue weighted by molar-refractivity contribution is 7.15. The zero-order valence-electron chi connectivity index (χ0n) is 20.1. The third-order valence-corrected chi connectivity index (χ3v) is 6.88. The fourth-order valence-corrected chi connectivity index (χ4v) is 4.90. The second-order valence-corrected chi connectivity index (χ2v) is 10.1. The number of hydrogen-bond acceptors (Lipinski definition) is 8. The highest BCUT2D eigenvalue weighted by Gasteiger charge is 2.17. The number of aryl methyl sites for hydroxylation is 1. The van der Waals surface area contributed by atoms with Crippen molar-refractivity contribution in [1.82, 2.24) is 40.0 Å². The van der Waals surface area contributed by atoms with Crippen LogP contribution < -0.4 is 4.74 Å². The van der Waals surface area contributed by atoms with Gasteiger partial charge in [0.1, 0.15) is 29.3 Å². The van der Waals surface area contributed by atoms with E-state index in [1.807, 2.05) is 38.6 Å². The molecule has 10 heteroatoms. The first-order chi connectivity index (χ1) is 17.5. The number of pyridine rings is 3. The monoisotopic (exact) mass is 496 g/mol. The molecule has 0 radical (unpaired) electrons. The lowest BCUT2D eigenvalue weighted by Gasteiger charge is -2.11. The Labute approximate surface area is 211 Å². The number of likely N-dealkylation sites (N-methyl/N-ethyl adjacent to an activating group) is 1. The van der Waals surface area contributed by atoms with Crippen molar-refractivity contribution >= 4 is 33.4 Å². The fraction of sp³-hybridized carbons (Fsp3) is 0.192. The summed E-state index contributed by atoms with van der Waals surface area (Å²) in [7, 11) is 4.04. The fourth-order valence-electron chi connectivity index (χ4n) is 4.03. The van der Waals surface area contributed by atoms with E-state index in [2.05, 4.69) is 60.2 Å². The van der Waals surface area contributed by atoms with Gasteiger partial charge in [0.15, 0.2) is 11.5 Å². The average molecular weight is 497 g/mol. The van der Waals surface area contributed by atoms with Gasteiger partial charge in [0.25, 0.3) is 0 Å². The lowest BCUT2D eigenvalue weighted by Crippen LogP contribution is -2.19. The van der Waals surface area contributed by atoms with E-state index in [0.29, 0.717) is 23.8 Å². The highest BCUT2D eigenvalue weighted by Crippen LogP contribution is 2.34. The topological polar surface area (TPSA) is 108 Å². The molecule has 0 aliphatic rings. The van der Waals surface area contributed by atoms with Gasteiger partial charge < -0.3 is 14.6 Å². The minimum Gasteiger partial charge on any atom is -0.491 e. The summed E-state index contributed by atoms with van der Waals surface area (Å²) in [4.78, 5) is 26.3. The summed E-state index contributed by atoms with van der Waals surface area (Å²) in [6.45, 7) is 3.51. The van der Waals surface area contributed by atoms with Crippen molar-refractivity contribution < 1.29 is 4.74 Å². The normalized spacial score (nSPS) is 11.7. The molecule has 0 spiro atoms. The number of fused-ring (bicyclic) bond motifs is 2. The number of nitrogens with zero attached hydrogens (tertiary/aromatic N) is 6. The summed E-state index contributed by atoms with van der Waals surface area (Å²) in [5, 5.41) is 8.43. The number of aromatic nitrogens is 7. The largest absolute Gasteiger partial charge is 0.491 e. The van der Waals surface area contributed by atoms with Crippen LogP contribution in [0, 0.1) is 6.92 Å². The second-order valence-electron chi connectivity index (χ2n) is 8.80. The lowest BCUT2D eigenvalue weighted by atomic mass is 10.1. The zero-order chi connectivity index (χ0) is 24.6. The van der Waals surface area contributed by atoms with Crippen molar-refractivity contribution in [2.45, 2.75) is 6.92 Å². The van der Waals surface area contributed by atoms with E-state index in [1.165, 1.54) is 4.88 Å². The van der Waals surface area contributed by atoms with Gasteiger partial charge in [0.05, 0.1) is 22.0 Å². The van der Waals surface area contributed by atoms with Crippen LogP contribution in [-0.2, 0) is 0 Å². The number of rotatable bonds is 7. The molecule has 6 heterocycles. The summed E-state index contributed by atoms with van der Waals surface area (Å²) in [5.74, 6) is 1.39. The third-order valence-electron chi connectivity index (χ3n) is 5.87. The van der Waals surface area contributed by atoms with Crippen molar-refractivity contribution in [3.05, 3.63) is 60.0 Å². The Balaban J connectivity index is 1.37. The summed E-state index contributed by atoms with van der Waals surface area (Å²) >= 11 is 1.71. The standard InChI is InChI=1S/C26H24N8OS/c1-15-4-5-21(36-15)24-23-20(6-7-28-24)30-26(31-23)22-19-11-17(13-29-25(19)33-32-22)16-10-18(14-27-12-16)35-9-8-34(2)3/h4-7,10-14H,8-9H2,1-3H3,(H,30,31)(H,29,32,33). The van der Waals surface area contributed by atoms with Crippen LogP contribution in [0.25, 0.3) is 55.3 Å². The van der Waals surface area contributed by atoms with Gasteiger partial charge in [-0.05, 0) is 51.4 Å². The molecule has 0 fully saturated rings. The van der Waals surface area contributed by atoms with Gasteiger partial charge in [-0.3, -0.25) is 15.1 Å². The molecule has 0 saturated carbocycles. The van der Waals surface area contributed by atoms with Crippen LogP contribution in [0.2, 0.25) is 0 Å². The summed E-state index contributed by atoms with van der Waals surface area (Å²) in [5.41, 5.74) is 5.83. The van der Waals surface area contributed by atoms with Crippen molar-refractivity contribution in [2.24, 2.45) is 0 Å². The quantitative estimate of drug-likeness (QED) is 0.322. The Hall–Kier alpha value is -4.15. The van der Waals surface area contributed by atoms with E-state index in [4.69, 9.17) is 9.72 Å². The Kier molecular flexibility index (Phi) is 5.67. The maximum Gasteiger partial charge on any atom is 0.159 e. The van der Waals surface area contributed by atoms with E-state index < -0.39 is 0 Å². The molecule has 0 unspecified atom stereocenters. The van der Waals surface area contributed by atoms with Crippen LogP contribution in [0.5, 0.6) is 5.75 Å². The first-order valence-corrected chi connectivity index (χ1v) is 12.4. The van der Waals surface area contributed by atoms with Gasteiger partial charge in [-0.25, -0.2) is 9.97 Å². The Morgan fingerprint density at radius 3 is 2.72 bits per heavy atom. The molecular weight excluding hydrogens is 472 g/mol. The van der Waals surface area contributed by atoms with Crippen LogP contribution in [-0.4, -0.2) is 67.3 Å². The molecule has 0 bridgehead atoms. The summed E-state index contributed by atoms with van der Waals surface area (Å²) in [6, 6.07) is 10.1. The van der Waals surface area contributed by atoms with Crippen molar-refractivity contribution in [3.63, 3.8) is 0 Å². The molecule has 0 aromatic carbocycles. The van der Waals surface area contributed by atoms with Gasteiger partial charge in [-0.2, -0.15) is 5.10 Å². The van der Waals surface area contributed by atoms with Gasteiger partial charge in [-0.15, -0.1) is 11.3 Å². The van der Waals surface area contributed by atoms with Gasteiger partial charge >= 0.3 is 0 Å². The number of nitrogens with one attached hydrogen (secondary N) is 2. The summed E-state index contributed by atoms with van der Waals surface area (Å²) < 4.78 is 5.86. The van der Waals surface area contributed by atoms with E-state index in [-0.39, 0.29) is 0 Å². The first kappa shape index (κ1) is 22.3. The van der Waals surface area contributed by atoms with Gasteiger partial charge in [0, 0.05) is 41.1 Å². The number of aromatic amines is 2. The van der Waals surface area contributed by atoms with Crippen LogP contribution >= 0.6 is 11.3 Å². The Morgan fingerprint density at radius 1 is 1.00 bits per heavy atom. The number of hydrogen-bond donors (Lipinski definition) is 2. The molecule has 9 nitrogen and oxygen atoms in total. The third kappa shape index (κ3) is 4.21. The van der Waals surface area contributed by atoms with Crippen molar-refractivity contribution in [1.29, 1.82) is 0 Å². The predicted molar refractivity (Wildman–Crippen MR) is 142 cm³/mol. The van der Waals surface area contributed by atoms with Crippen LogP contribution in [0.4, 0.5) is 0 Å². The van der Waals surface area contributed by atoms with E-state index in [0.717, 1.165) is 50.4 Å². The minimum atomic E-state index is 0.592. The van der Waals surface area contributed by atoms with Gasteiger partial charge in [0.2, 0.25) is 0 Å². The van der Waals surface area contributed by atoms with Crippen LogP contribution in [0.3, 0.4) is 0 Å². The molecule has 6 aromatic heterocycles. The number of ether oxygens (including phenoxy) is 1. The molecule has 0 amide bonds. The molecule has 0 saturated heterocycles. The number of imidazole rings is 1. The Morgan fingerprint density at radius 2 is 1.89 bits per heavy atom. The smallest absolute Gasteiger partial charge is 0.159 e. The van der Waals surface area contributed by atoms with Crippen LogP contribution in [0.15, 0.2) is 55.1 Å². The SMILES string of the molecule is Cc1ccc(-c2nccc3[nH]c(-c4n[nH]c5ncc(-c6cncc(OCCN(C)C)c6)cc45)nc23)s1. The number of H-pyrrole nitrogens is 2. The highest BCUT2D eigenvalue weighted by atomic mass is 32.1. The van der Waals surface area contributed by atoms with Crippen molar-refractivity contribution in [3.8, 4) is 39.0 Å². The first-order valence-electron chi connectivity index (χ1n) is 11.5. The maximum absolute atomic E-state index is 5.86. The zero-order valence-corrected chi connectivity index (χ0v) is 20.9. The molecule has 180 valence electrons. The molecule has 0 atom stereocenters. The van der Waals surface area contributed by atoms with E-state index >= 15 is 0 Å².